The third-order valence-corrected chi connectivity index (χ3v) is 3.80. The van der Waals surface area contributed by atoms with Gasteiger partial charge in [-0.1, -0.05) is 17.2 Å². The molecule has 1 aromatic heterocycles. The summed E-state index contributed by atoms with van der Waals surface area (Å²) in [4.78, 5) is 18.9. The van der Waals surface area contributed by atoms with Crippen LogP contribution in [0.5, 0.6) is 0 Å². The largest absolute Gasteiger partial charge is 0.335 e. The fraction of sp³-hybridized carbons (Fsp3) is 0.357. The van der Waals surface area contributed by atoms with Crippen LogP contribution >= 0.6 is 0 Å². The second-order valence-electron chi connectivity index (χ2n) is 5.24. The predicted molar refractivity (Wildman–Crippen MR) is 79.4 cm³/mol. The minimum absolute atomic E-state index is 0.0293. The molecule has 0 saturated carbocycles. The van der Waals surface area contributed by atoms with Crippen LogP contribution in [0.3, 0.4) is 0 Å². The number of carbonyl (C=O) groups is 1. The van der Waals surface area contributed by atoms with Crippen molar-refractivity contribution in [2.75, 3.05) is 6.54 Å². The van der Waals surface area contributed by atoms with E-state index in [0.29, 0.717) is 24.2 Å². The maximum atomic E-state index is 12.8. The number of rotatable bonds is 3. The van der Waals surface area contributed by atoms with Crippen LogP contribution in [-0.2, 0) is 0 Å². The average molecular weight is 297 g/mol. The maximum Gasteiger partial charge on any atom is 0.256 e. The topological polar surface area (TPSA) is 99.8 Å². The highest BCUT2D eigenvalue weighted by Gasteiger charge is 2.33. The first kappa shape index (κ1) is 14.1. The summed E-state index contributed by atoms with van der Waals surface area (Å²) in [5, 5.41) is 11.9. The Hall–Kier alpha value is -2.86. The number of nitrogens with zero attached hydrogens (tertiary/aromatic N) is 7. The monoisotopic (exact) mass is 297 g/mol. The molecule has 1 saturated heterocycles. The zero-order valence-corrected chi connectivity index (χ0v) is 12.1. The number of benzene rings is 1. The van der Waals surface area contributed by atoms with Gasteiger partial charge in [-0.25, -0.2) is 0 Å². The number of carbonyl (C=O) groups excluding carboxylic acids is 1. The number of para-hydroxylation sites is 1. The van der Waals surface area contributed by atoms with Gasteiger partial charge in [0.1, 0.15) is 0 Å². The molecule has 8 heteroatoms. The van der Waals surface area contributed by atoms with Gasteiger partial charge >= 0.3 is 0 Å². The minimum atomic E-state index is -0.168. The summed E-state index contributed by atoms with van der Waals surface area (Å²) in [7, 11) is 0. The van der Waals surface area contributed by atoms with Crippen molar-refractivity contribution in [2.45, 2.75) is 25.4 Å². The lowest BCUT2D eigenvalue weighted by molar-refractivity contribution is 0.0745. The molecule has 2 aromatic rings. The lowest BCUT2D eigenvalue weighted by atomic mass is 10.1. The van der Waals surface area contributed by atoms with Gasteiger partial charge in [-0.05, 0) is 31.0 Å². The highest BCUT2D eigenvalue weighted by Crippen LogP contribution is 2.24. The van der Waals surface area contributed by atoms with Crippen molar-refractivity contribution in [1.82, 2.24) is 19.9 Å². The van der Waals surface area contributed by atoms with E-state index in [0.717, 1.165) is 0 Å². The number of amides is 1. The Bertz CT molecular complexity index is 721. The lowest BCUT2D eigenvalue weighted by Gasteiger charge is -2.22. The molecule has 1 fully saturated rings. The Balaban J connectivity index is 1.92. The Morgan fingerprint density at radius 1 is 1.36 bits per heavy atom. The van der Waals surface area contributed by atoms with E-state index in [1.807, 2.05) is 19.1 Å². The van der Waals surface area contributed by atoms with E-state index in [4.69, 9.17) is 5.53 Å². The van der Waals surface area contributed by atoms with Crippen LogP contribution in [0.15, 0.2) is 41.8 Å². The van der Waals surface area contributed by atoms with E-state index in [9.17, 15) is 4.79 Å². The molecule has 0 radical (unpaired) electrons. The number of azide groups is 1. The van der Waals surface area contributed by atoms with E-state index in [-0.39, 0.29) is 18.0 Å². The summed E-state index contributed by atoms with van der Waals surface area (Å²) in [5.41, 5.74) is 9.73. The second kappa shape index (κ2) is 5.87. The van der Waals surface area contributed by atoms with Gasteiger partial charge < -0.3 is 4.90 Å². The molecule has 22 heavy (non-hydrogen) atoms. The first-order valence-corrected chi connectivity index (χ1v) is 7.01. The first-order valence-electron chi connectivity index (χ1n) is 7.01. The van der Waals surface area contributed by atoms with Gasteiger partial charge in [0.2, 0.25) is 0 Å². The molecular weight excluding hydrogens is 282 g/mol. The quantitative estimate of drug-likeness (QED) is 0.493. The van der Waals surface area contributed by atoms with E-state index in [1.54, 1.807) is 29.4 Å². The molecular formula is C14H15N7O. The van der Waals surface area contributed by atoms with Gasteiger partial charge in [-0.15, -0.1) is 0 Å². The van der Waals surface area contributed by atoms with Gasteiger partial charge in [0.25, 0.3) is 5.91 Å². The van der Waals surface area contributed by atoms with Crippen molar-refractivity contribution in [3.63, 3.8) is 0 Å². The normalized spacial score (nSPS) is 20.7. The Morgan fingerprint density at radius 2 is 2.09 bits per heavy atom. The molecule has 1 aliphatic heterocycles. The summed E-state index contributed by atoms with van der Waals surface area (Å²) in [5.74, 6) is -0.101. The summed E-state index contributed by atoms with van der Waals surface area (Å²) in [6, 6.07) is 7.08. The van der Waals surface area contributed by atoms with E-state index < -0.39 is 0 Å². The highest BCUT2D eigenvalue weighted by atomic mass is 16.2. The fourth-order valence-corrected chi connectivity index (χ4v) is 2.77. The molecule has 1 aromatic carbocycles. The highest BCUT2D eigenvalue weighted by molar-refractivity contribution is 5.98. The molecule has 0 N–H and O–H groups in total. The Kier molecular flexibility index (Phi) is 3.76. The second-order valence-corrected chi connectivity index (χ2v) is 5.24. The molecule has 2 atom stereocenters. The van der Waals surface area contributed by atoms with Crippen molar-refractivity contribution in [2.24, 2.45) is 5.11 Å². The van der Waals surface area contributed by atoms with Crippen molar-refractivity contribution in [3.8, 4) is 5.69 Å². The molecule has 1 aliphatic rings. The van der Waals surface area contributed by atoms with Crippen LogP contribution in [0.25, 0.3) is 16.1 Å². The van der Waals surface area contributed by atoms with E-state index in [2.05, 4.69) is 20.2 Å². The van der Waals surface area contributed by atoms with Crippen LogP contribution < -0.4 is 0 Å². The van der Waals surface area contributed by atoms with Crippen molar-refractivity contribution < 1.29 is 4.79 Å². The van der Waals surface area contributed by atoms with Gasteiger partial charge in [-0.2, -0.15) is 15.0 Å². The third kappa shape index (κ3) is 2.51. The number of hydrogen-bond acceptors (Lipinski definition) is 4. The van der Waals surface area contributed by atoms with Crippen LogP contribution in [-0.4, -0.2) is 44.4 Å². The van der Waals surface area contributed by atoms with Crippen molar-refractivity contribution in [3.05, 3.63) is 52.7 Å². The number of likely N-dealkylation sites (tertiary alicyclic amines) is 1. The smallest absolute Gasteiger partial charge is 0.256 e. The minimum Gasteiger partial charge on any atom is -0.335 e. The molecule has 1 amide bonds. The zero-order valence-electron chi connectivity index (χ0n) is 12.1. The lowest BCUT2D eigenvalue weighted by Crippen LogP contribution is -2.35. The molecule has 0 bridgehead atoms. The predicted octanol–water partition coefficient (Wildman–Crippen LogP) is 2.18. The van der Waals surface area contributed by atoms with Gasteiger partial charge in [0.05, 0.1) is 29.7 Å². The molecule has 2 heterocycles. The average Bonchev–Trinajstić information content (AvgIpc) is 3.17. The molecule has 112 valence electrons. The summed E-state index contributed by atoms with van der Waals surface area (Å²) in [6.45, 7) is 2.39. The Morgan fingerprint density at radius 3 is 2.82 bits per heavy atom. The third-order valence-electron chi connectivity index (χ3n) is 3.80. The maximum absolute atomic E-state index is 12.8. The first-order chi connectivity index (χ1) is 10.7. The van der Waals surface area contributed by atoms with Crippen molar-refractivity contribution >= 4 is 5.91 Å². The SMILES string of the molecule is C[C@@H]1C[C@@H](N=[N+]=[N-])CN1C(=O)c1ccccc1-n1nccn1. The summed E-state index contributed by atoms with van der Waals surface area (Å²) in [6.07, 6.45) is 3.81. The van der Waals surface area contributed by atoms with Gasteiger partial charge in [-0.3, -0.25) is 4.79 Å². The van der Waals surface area contributed by atoms with Crippen molar-refractivity contribution in [1.29, 1.82) is 0 Å². The molecule has 8 nitrogen and oxygen atoms in total. The van der Waals surface area contributed by atoms with E-state index in [1.165, 1.54) is 4.80 Å². The number of aromatic nitrogens is 3. The van der Waals surface area contributed by atoms with Crippen LogP contribution in [0.4, 0.5) is 0 Å². The standard InChI is InChI=1S/C14H15N7O/c1-10-8-11(18-19-15)9-20(10)14(22)12-4-2-3-5-13(12)21-16-6-7-17-21/h2-7,10-11H,8-9H2,1H3/t10-,11-/m1/s1. The molecule has 0 spiro atoms. The number of hydrogen-bond donors (Lipinski definition) is 0. The van der Waals surface area contributed by atoms with Crippen LogP contribution in [0, 0.1) is 0 Å². The Labute approximate surface area is 127 Å². The summed E-state index contributed by atoms with van der Waals surface area (Å²) >= 11 is 0. The molecule has 0 aliphatic carbocycles. The molecule has 0 unspecified atom stereocenters. The summed E-state index contributed by atoms with van der Waals surface area (Å²) < 4.78 is 0. The van der Waals surface area contributed by atoms with Crippen LogP contribution in [0.1, 0.15) is 23.7 Å². The van der Waals surface area contributed by atoms with Gasteiger partial charge in [0, 0.05) is 17.5 Å². The fourth-order valence-electron chi connectivity index (χ4n) is 2.77. The van der Waals surface area contributed by atoms with Crippen LogP contribution in [0.2, 0.25) is 0 Å². The molecule has 3 rings (SSSR count). The van der Waals surface area contributed by atoms with Gasteiger partial charge in [0.15, 0.2) is 0 Å². The zero-order chi connectivity index (χ0) is 15.5. The van der Waals surface area contributed by atoms with E-state index >= 15 is 0 Å².